The van der Waals surface area contributed by atoms with Crippen LogP contribution in [-0.2, 0) is 16.1 Å². The van der Waals surface area contributed by atoms with Crippen LogP contribution in [0.2, 0.25) is 0 Å². The first-order chi connectivity index (χ1) is 10.7. The Morgan fingerprint density at radius 3 is 2.68 bits per heavy atom. The Kier molecular flexibility index (Phi) is 6.21. The summed E-state index contributed by atoms with van der Waals surface area (Å²) in [7, 11) is 3.41. The molecule has 0 atom stereocenters. The number of guanidine groups is 1. The van der Waals surface area contributed by atoms with Crippen LogP contribution >= 0.6 is 0 Å². The lowest BCUT2D eigenvalue weighted by molar-refractivity contribution is -0.117. The highest BCUT2D eigenvalue weighted by Gasteiger charge is 2.21. The first-order valence-electron chi connectivity index (χ1n) is 7.57. The molecule has 0 unspecified atom stereocenters. The lowest BCUT2D eigenvalue weighted by Gasteiger charge is -2.16. The maximum Gasteiger partial charge on any atom is 0.227 e. The van der Waals surface area contributed by atoms with Crippen molar-refractivity contribution in [1.82, 2.24) is 10.6 Å². The van der Waals surface area contributed by atoms with Gasteiger partial charge < -0.3 is 20.3 Å². The molecule has 0 spiro atoms. The topological polar surface area (TPSA) is 66.0 Å². The Balaban J connectivity index is 1.84. The number of hydrogen-bond acceptors (Lipinski definition) is 3. The summed E-state index contributed by atoms with van der Waals surface area (Å²) >= 11 is 0. The molecule has 0 radical (unpaired) electrons. The van der Waals surface area contributed by atoms with Gasteiger partial charge in [-0.3, -0.25) is 9.79 Å². The Morgan fingerprint density at radius 1 is 1.32 bits per heavy atom. The second-order valence-corrected chi connectivity index (χ2v) is 5.16. The van der Waals surface area contributed by atoms with Gasteiger partial charge in [0.05, 0.1) is 6.61 Å². The van der Waals surface area contributed by atoms with E-state index in [9.17, 15) is 4.79 Å². The van der Waals surface area contributed by atoms with Gasteiger partial charge in [-0.05, 0) is 24.1 Å². The molecule has 1 aliphatic heterocycles. The molecular formula is C16H24N4O2. The minimum atomic E-state index is 0.216. The minimum Gasteiger partial charge on any atom is -0.383 e. The van der Waals surface area contributed by atoms with Gasteiger partial charge in [0.15, 0.2) is 5.96 Å². The van der Waals surface area contributed by atoms with Crippen LogP contribution in [0.15, 0.2) is 29.3 Å². The maximum atomic E-state index is 11.7. The quantitative estimate of drug-likeness (QED) is 0.470. The van der Waals surface area contributed by atoms with E-state index in [2.05, 4.69) is 15.6 Å². The molecule has 1 saturated heterocycles. The highest BCUT2D eigenvalue weighted by molar-refractivity contribution is 5.95. The number of nitrogens with one attached hydrogen (secondary N) is 2. The fraction of sp³-hybridized carbons (Fsp3) is 0.500. The number of methoxy groups -OCH3 is 1. The molecule has 1 aromatic carbocycles. The molecular weight excluding hydrogens is 280 g/mol. The summed E-state index contributed by atoms with van der Waals surface area (Å²) in [5.74, 6) is 0.962. The largest absolute Gasteiger partial charge is 0.383 e. The fourth-order valence-corrected chi connectivity index (χ4v) is 2.39. The summed E-state index contributed by atoms with van der Waals surface area (Å²) in [6.07, 6.45) is 1.61. The molecule has 22 heavy (non-hydrogen) atoms. The van der Waals surface area contributed by atoms with E-state index in [0.29, 0.717) is 26.1 Å². The Labute approximate surface area is 131 Å². The predicted molar refractivity (Wildman–Crippen MR) is 88.1 cm³/mol. The maximum absolute atomic E-state index is 11.7. The van der Waals surface area contributed by atoms with E-state index in [1.165, 1.54) is 0 Å². The van der Waals surface area contributed by atoms with Crippen LogP contribution in [-0.4, -0.2) is 45.7 Å². The van der Waals surface area contributed by atoms with Crippen molar-refractivity contribution in [2.24, 2.45) is 4.99 Å². The van der Waals surface area contributed by atoms with E-state index in [1.807, 2.05) is 29.2 Å². The molecule has 2 N–H and O–H groups in total. The predicted octanol–water partition coefficient (Wildman–Crippen LogP) is 1.12. The molecule has 0 aliphatic carbocycles. The summed E-state index contributed by atoms with van der Waals surface area (Å²) in [4.78, 5) is 17.7. The van der Waals surface area contributed by atoms with Gasteiger partial charge in [0.1, 0.15) is 0 Å². The standard InChI is InChI=1S/C16H24N4O2/c1-17-16(18-9-11-22-2)19-12-13-5-7-14(8-6-13)20-10-3-4-15(20)21/h5-8H,3-4,9-12H2,1-2H3,(H2,17,18,19). The van der Waals surface area contributed by atoms with Crippen LogP contribution < -0.4 is 15.5 Å². The van der Waals surface area contributed by atoms with Gasteiger partial charge in [-0.25, -0.2) is 0 Å². The average molecular weight is 304 g/mol. The number of benzene rings is 1. The minimum absolute atomic E-state index is 0.216. The van der Waals surface area contributed by atoms with Gasteiger partial charge in [-0.2, -0.15) is 0 Å². The number of rotatable bonds is 6. The SMILES string of the molecule is CN=C(NCCOC)NCc1ccc(N2CCCC2=O)cc1. The zero-order valence-electron chi connectivity index (χ0n) is 13.3. The van der Waals surface area contributed by atoms with Crippen molar-refractivity contribution < 1.29 is 9.53 Å². The molecule has 1 aromatic rings. The third kappa shape index (κ3) is 4.46. The van der Waals surface area contributed by atoms with E-state index < -0.39 is 0 Å². The summed E-state index contributed by atoms with van der Waals surface area (Å²) in [5.41, 5.74) is 2.12. The first kappa shape index (κ1) is 16.3. The van der Waals surface area contributed by atoms with E-state index >= 15 is 0 Å². The number of hydrogen-bond donors (Lipinski definition) is 2. The second kappa shape index (κ2) is 8.38. The molecule has 1 heterocycles. The molecule has 1 fully saturated rings. The van der Waals surface area contributed by atoms with Crippen LogP contribution in [0.4, 0.5) is 5.69 Å². The summed E-state index contributed by atoms with van der Waals surface area (Å²) in [6, 6.07) is 8.08. The van der Waals surface area contributed by atoms with Crippen molar-refractivity contribution in [1.29, 1.82) is 0 Å². The van der Waals surface area contributed by atoms with Crippen molar-refractivity contribution >= 4 is 17.6 Å². The lowest BCUT2D eigenvalue weighted by Crippen LogP contribution is -2.38. The second-order valence-electron chi connectivity index (χ2n) is 5.16. The molecule has 0 saturated carbocycles. The molecule has 120 valence electrons. The zero-order valence-corrected chi connectivity index (χ0v) is 13.3. The number of carbonyl (C=O) groups excluding carboxylic acids is 1. The van der Waals surface area contributed by atoms with Crippen LogP contribution in [0.25, 0.3) is 0 Å². The molecule has 1 amide bonds. The Bertz CT molecular complexity index is 513. The van der Waals surface area contributed by atoms with Crippen LogP contribution in [0.3, 0.4) is 0 Å². The van der Waals surface area contributed by atoms with Crippen molar-refractivity contribution in [3.05, 3.63) is 29.8 Å². The number of ether oxygens (including phenoxy) is 1. The van der Waals surface area contributed by atoms with Gasteiger partial charge in [0.2, 0.25) is 5.91 Å². The van der Waals surface area contributed by atoms with E-state index in [-0.39, 0.29) is 5.91 Å². The summed E-state index contributed by atoms with van der Waals surface area (Å²) in [6.45, 7) is 2.86. The first-order valence-corrected chi connectivity index (χ1v) is 7.57. The van der Waals surface area contributed by atoms with Gasteiger partial charge in [-0.1, -0.05) is 12.1 Å². The molecule has 0 aromatic heterocycles. The van der Waals surface area contributed by atoms with Crippen LogP contribution in [0, 0.1) is 0 Å². The lowest BCUT2D eigenvalue weighted by atomic mass is 10.2. The normalized spacial score (nSPS) is 15.3. The van der Waals surface area contributed by atoms with Crippen molar-refractivity contribution in [3.8, 4) is 0 Å². The van der Waals surface area contributed by atoms with Gasteiger partial charge in [0.25, 0.3) is 0 Å². The number of aliphatic imine (C=N–C) groups is 1. The molecule has 6 heteroatoms. The smallest absolute Gasteiger partial charge is 0.227 e. The third-order valence-corrected chi connectivity index (χ3v) is 3.60. The highest BCUT2D eigenvalue weighted by Crippen LogP contribution is 2.21. The Hall–Kier alpha value is -2.08. The van der Waals surface area contributed by atoms with Crippen LogP contribution in [0.5, 0.6) is 0 Å². The third-order valence-electron chi connectivity index (χ3n) is 3.60. The van der Waals surface area contributed by atoms with E-state index in [1.54, 1.807) is 14.2 Å². The van der Waals surface area contributed by atoms with Crippen molar-refractivity contribution in [2.45, 2.75) is 19.4 Å². The Morgan fingerprint density at radius 2 is 2.09 bits per heavy atom. The van der Waals surface area contributed by atoms with E-state index in [0.717, 1.165) is 30.2 Å². The van der Waals surface area contributed by atoms with Crippen molar-refractivity contribution in [2.75, 3.05) is 38.8 Å². The number of anilines is 1. The molecule has 0 bridgehead atoms. The van der Waals surface area contributed by atoms with Gasteiger partial charge >= 0.3 is 0 Å². The number of nitrogens with zero attached hydrogens (tertiary/aromatic N) is 2. The van der Waals surface area contributed by atoms with Gasteiger partial charge in [-0.15, -0.1) is 0 Å². The molecule has 2 rings (SSSR count). The molecule has 6 nitrogen and oxygen atoms in total. The molecule has 1 aliphatic rings. The monoisotopic (exact) mass is 304 g/mol. The number of amides is 1. The van der Waals surface area contributed by atoms with Crippen LogP contribution in [0.1, 0.15) is 18.4 Å². The average Bonchev–Trinajstić information content (AvgIpc) is 2.97. The van der Waals surface area contributed by atoms with E-state index in [4.69, 9.17) is 4.74 Å². The van der Waals surface area contributed by atoms with Gasteiger partial charge in [0, 0.05) is 45.9 Å². The van der Waals surface area contributed by atoms with Crippen molar-refractivity contribution in [3.63, 3.8) is 0 Å². The fourth-order valence-electron chi connectivity index (χ4n) is 2.39. The highest BCUT2D eigenvalue weighted by atomic mass is 16.5. The zero-order chi connectivity index (χ0) is 15.8. The summed E-state index contributed by atoms with van der Waals surface area (Å²) < 4.78 is 4.99. The summed E-state index contributed by atoms with van der Waals surface area (Å²) in [5, 5.41) is 6.41. The number of carbonyl (C=O) groups is 1.